The van der Waals surface area contributed by atoms with Crippen molar-refractivity contribution in [1.82, 2.24) is 10.6 Å². The standard InChI is InChI=1S/C16H23N3O2/c1-4-17-16(21)12(3)18-15(20)10-19-11(2)9-13-7-5-6-8-14(13)19/h5-8,11-12H,4,9-10H2,1-3H3,(H,17,21)(H,18,20)/t11-,12-/m0/s1. The topological polar surface area (TPSA) is 61.4 Å². The summed E-state index contributed by atoms with van der Waals surface area (Å²) in [6, 6.07) is 7.93. The molecule has 2 atom stereocenters. The van der Waals surface area contributed by atoms with Gasteiger partial charge in [0.1, 0.15) is 6.04 Å². The van der Waals surface area contributed by atoms with Gasteiger partial charge < -0.3 is 15.5 Å². The first-order valence-corrected chi connectivity index (χ1v) is 7.44. The fraction of sp³-hybridized carbons (Fsp3) is 0.500. The van der Waals surface area contributed by atoms with E-state index in [0.29, 0.717) is 12.6 Å². The number of likely N-dealkylation sites (N-methyl/N-ethyl adjacent to an activating group) is 1. The van der Waals surface area contributed by atoms with Gasteiger partial charge in [0, 0.05) is 18.3 Å². The Balaban J connectivity index is 1.96. The Morgan fingerprint density at radius 3 is 2.81 bits per heavy atom. The third-order valence-electron chi connectivity index (χ3n) is 3.78. The average Bonchev–Trinajstić information content (AvgIpc) is 2.75. The van der Waals surface area contributed by atoms with Gasteiger partial charge in [0.15, 0.2) is 0 Å². The van der Waals surface area contributed by atoms with Crippen LogP contribution >= 0.6 is 0 Å². The molecule has 1 aromatic carbocycles. The molecule has 0 fully saturated rings. The molecule has 2 amide bonds. The SMILES string of the molecule is CCNC(=O)[C@H](C)NC(=O)CN1c2ccccc2C[C@@H]1C. The van der Waals surface area contributed by atoms with Crippen LogP contribution in [0.1, 0.15) is 26.3 Å². The van der Waals surface area contributed by atoms with Crippen LogP contribution in [0.3, 0.4) is 0 Å². The maximum Gasteiger partial charge on any atom is 0.242 e. The molecule has 114 valence electrons. The first-order valence-electron chi connectivity index (χ1n) is 7.44. The van der Waals surface area contributed by atoms with Crippen LogP contribution in [0.4, 0.5) is 5.69 Å². The summed E-state index contributed by atoms with van der Waals surface area (Å²) in [4.78, 5) is 25.9. The summed E-state index contributed by atoms with van der Waals surface area (Å²) < 4.78 is 0. The summed E-state index contributed by atoms with van der Waals surface area (Å²) in [5, 5.41) is 5.45. The van der Waals surface area contributed by atoms with Crippen LogP contribution < -0.4 is 15.5 Å². The highest BCUT2D eigenvalue weighted by Crippen LogP contribution is 2.31. The third kappa shape index (κ3) is 3.54. The van der Waals surface area contributed by atoms with Gasteiger partial charge in [0.05, 0.1) is 6.54 Å². The van der Waals surface area contributed by atoms with Crippen LogP contribution in [0, 0.1) is 0 Å². The fourth-order valence-electron chi connectivity index (χ4n) is 2.71. The molecule has 0 saturated heterocycles. The van der Waals surface area contributed by atoms with Gasteiger partial charge in [0.2, 0.25) is 11.8 Å². The smallest absolute Gasteiger partial charge is 0.242 e. The Morgan fingerprint density at radius 1 is 1.38 bits per heavy atom. The van der Waals surface area contributed by atoms with Gasteiger partial charge in [-0.05, 0) is 38.8 Å². The largest absolute Gasteiger partial charge is 0.359 e. The second-order valence-corrected chi connectivity index (χ2v) is 5.49. The van der Waals surface area contributed by atoms with Crippen molar-refractivity contribution in [3.8, 4) is 0 Å². The number of amides is 2. The first-order chi connectivity index (χ1) is 10.0. The average molecular weight is 289 g/mol. The zero-order chi connectivity index (χ0) is 15.4. The van der Waals surface area contributed by atoms with Crippen molar-refractivity contribution in [2.24, 2.45) is 0 Å². The summed E-state index contributed by atoms with van der Waals surface area (Å²) in [6.45, 7) is 6.51. The van der Waals surface area contributed by atoms with Crippen LogP contribution in [-0.2, 0) is 16.0 Å². The number of para-hydroxylation sites is 1. The van der Waals surface area contributed by atoms with E-state index in [9.17, 15) is 9.59 Å². The number of carbonyl (C=O) groups is 2. The van der Waals surface area contributed by atoms with Crippen molar-refractivity contribution in [1.29, 1.82) is 0 Å². The number of hydrogen-bond acceptors (Lipinski definition) is 3. The summed E-state index contributed by atoms with van der Waals surface area (Å²) >= 11 is 0. The minimum absolute atomic E-state index is 0.127. The van der Waals surface area contributed by atoms with Crippen molar-refractivity contribution >= 4 is 17.5 Å². The van der Waals surface area contributed by atoms with Crippen molar-refractivity contribution < 1.29 is 9.59 Å². The molecule has 1 aliphatic rings. The molecule has 0 aliphatic carbocycles. The first kappa shape index (κ1) is 15.4. The van der Waals surface area contributed by atoms with Crippen molar-refractivity contribution in [3.63, 3.8) is 0 Å². The summed E-state index contributed by atoms with van der Waals surface area (Å²) in [7, 11) is 0. The second-order valence-electron chi connectivity index (χ2n) is 5.49. The molecule has 1 aromatic rings. The van der Waals surface area contributed by atoms with E-state index in [2.05, 4.69) is 28.5 Å². The Morgan fingerprint density at radius 2 is 2.10 bits per heavy atom. The molecule has 1 aliphatic heterocycles. The van der Waals surface area contributed by atoms with E-state index in [1.54, 1.807) is 6.92 Å². The Bertz CT molecular complexity index is 530. The van der Waals surface area contributed by atoms with Gasteiger partial charge in [0.25, 0.3) is 0 Å². The lowest BCUT2D eigenvalue weighted by Crippen LogP contribution is -2.48. The van der Waals surface area contributed by atoms with Gasteiger partial charge in [-0.2, -0.15) is 0 Å². The van der Waals surface area contributed by atoms with E-state index in [0.717, 1.165) is 12.1 Å². The Hall–Kier alpha value is -2.04. The number of benzene rings is 1. The lowest BCUT2D eigenvalue weighted by Gasteiger charge is -2.25. The van der Waals surface area contributed by atoms with Gasteiger partial charge in [-0.3, -0.25) is 9.59 Å². The van der Waals surface area contributed by atoms with Crippen molar-refractivity contribution in [2.45, 2.75) is 39.3 Å². The highest BCUT2D eigenvalue weighted by atomic mass is 16.2. The molecule has 0 aromatic heterocycles. The molecular formula is C16H23N3O2. The molecule has 2 rings (SSSR count). The highest BCUT2D eigenvalue weighted by molar-refractivity contribution is 5.89. The Labute approximate surface area is 125 Å². The molecule has 5 heteroatoms. The van der Waals surface area contributed by atoms with Crippen LogP contribution in [0.2, 0.25) is 0 Å². The summed E-state index contributed by atoms with van der Waals surface area (Å²) in [5.41, 5.74) is 2.39. The zero-order valence-electron chi connectivity index (χ0n) is 12.8. The minimum Gasteiger partial charge on any atom is -0.359 e. The maximum atomic E-state index is 12.1. The molecule has 0 unspecified atom stereocenters. The van der Waals surface area contributed by atoms with Crippen molar-refractivity contribution in [3.05, 3.63) is 29.8 Å². The van der Waals surface area contributed by atoms with Crippen molar-refractivity contribution in [2.75, 3.05) is 18.0 Å². The lowest BCUT2D eigenvalue weighted by atomic mass is 10.1. The van der Waals surface area contributed by atoms with E-state index in [4.69, 9.17) is 0 Å². The summed E-state index contributed by atoms with van der Waals surface area (Å²) in [5.74, 6) is -0.280. The number of carbonyl (C=O) groups excluding carboxylic acids is 2. The molecule has 0 bridgehead atoms. The zero-order valence-corrected chi connectivity index (χ0v) is 12.8. The molecule has 21 heavy (non-hydrogen) atoms. The van der Waals surface area contributed by atoms with Crippen LogP contribution in [-0.4, -0.2) is 37.0 Å². The number of nitrogens with one attached hydrogen (secondary N) is 2. The van der Waals surface area contributed by atoms with Gasteiger partial charge in [-0.25, -0.2) is 0 Å². The number of anilines is 1. The van der Waals surface area contributed by atoms with E-state index >= 15 is 0 Å². The number of rotatable bonds is 5. The minimum atomic E-state index is -0.509. The monoisotopic (exact) mass is 289 g/mol. The molecule has 5 nitrogen and oxygen atoms in total. The number of hydrogen-bond donors (Lipinski definition) is 2. The van der Waals surface area contributed by atoms with E-state index in [1.807, 2.05) is 25.1 Å². The maximum absolute atomic E-state index is 12.1. The molecule has 0 saturated carbocycles. The second kappa shape index (κ2) is 6.61. The van der Waals surface area contributed by atoms with E-state index < -0.39 is 6.04 Å². The predicted molar refractivity (Wildman–Crippen MR) is 83.2 cm³/mol. The van der Waals surface area contributed by atoms with Gasteiger partial charge in [-0.15, -0.1) is 0 Å². The molecular weight excluding hydrogens is 266 g/mol. The molecule has 0 radical (unpaired) electrons. The van der Waals surface area contributed by atoms with Crippen LogP contribution in [0.5, 0.6) is 0 Å². The third-order valence-corrected chi connectivity index (χ3v) is 3.78. The normalized spacial score (nSPS) is 18.0. The van der Waals surface area contributed by atoms with Gasteiger partial charge in [-0.1, -0.05) is 18.2 Å². The highest BCUT2D eigenvalue weighted by Gasteiger charge is 2.27. The predicted octanol–water partition coefficient (Wildman–Crippen LogP) is 1.08. The van der Waals surface area contributed by atoms with Gasteiger partial charge >= 0.3 is 0 Å². The number of nitrogens with zero attached hydrogens (tertiary/aromatic N) is 1. The fourth-order valence-corrected chi connectivity index (χ4v) is 2.71. The van der Waals surface area contributed by atoms with Crippen LogP contribution in [0.15, 0.2) is 24.3 Å². The molecule has 0 spiro atoms. The summed E-state index contributed by atoms with van der Waals surface area (Å²) in [6.07, 6.45) is 0.954. The van der Waals surface area contributed by atoms with E-state index in [-0.39, 0.29) is 18.4 Å². The van der Waals surface area contributed by atoms with Crippen LogP contribution in [0.25, 0.3) is 0 Å². The van der Waals surface area contributed by atoms with E-state index in [1.165, 1.54) is 5.56 Å². The molecule has 2 N–H and O–H groups in total. The molecule has 1 heterocycles. The Kier molecular flexibility index (Phi) is 4.83. The lowest BCUT2D eigenvalue weighted by molar-refractivity contribution is -0.127. The quantitative estimate of drug-likeness (QED) is 0.852. The number of fused-ring (bicyclic) bond motifs is 1.